The van der Waals surface area contributed by atoms with Crippen LogP contribution in [-0.2, 0) is 4.74 Å². The van der Waals surface area contributed by atoms with E-state index in [0.717, 1.165) is 12.1 Å². The third-order valence-corrected chi connectivity index (χ3v) is 6.26. The lowest BCUT2D eigenvalue weighted by Crippen LogP contribution is -2.70. The Morgan fingerprint density at radius 1 is 0.568 bits per heavy atom. The van der Waals surface area contributed by atoms with Crippen molar-refractivity contribution in [3.63, 3.8) is 0 Å². The summed E-state index contributed by atoms with van der Waals surface area (Å²) in [5.41, 5.74) is 13.1. The Bertz CT molecular complexity index is 1460. The van der Waals surface area contributed by atoms with Crippen LogP contribution in [0.25, 0.3) is 22.3 Å². The molecule has 4 N–H and O–H groups in total. The average Bonchev–Trinajstić information content (AvgIpc) is 2.91. The van der Waals surface area contributed by atoms with Crippen molar-refractivity contribution in [2.45, 2.75) is 42.2 Å². The molecule has 0 aliphatic carbocycles. The van der Waals surface area contributed by atoms with E-state index < -0.39 is 60.3 Å². The number of nitrogens with two attached hydrogens (primary N) is 2. The summed E-state index contributed by atoms with van der Waals surface area (Å²) >= 11 is 0. The van der Waals surface area contributed by atoms with E-state index in [-0.39, 0.29) is 11.1 Å². The maximum absolute atomic E-state index is 14.1. The van der Waals surface area contributed by atoms with Crippen LogP contribution in [0.15, 0.2) is 66.7 Å². The van der Waals surface area contributed by atoms with Crippen LogP contribution in [0, 0.1) is 0 Å². The topological polar surface area (TPSA) is 78.3 Å². The fourth-order valence-electron chi connectivity index (χ4n) is 3.83. The second kappa shape index (κ2) is 11.4. The number of hydrogen-bond donors (Lipinski definition) is 2. The van der Waals surface area contributed by atoms with Crippen molar-refractivity contribution in [2.75, 3.05) is 18.1 Å². The number of benzene rings is 3. The fourth-order valence-corrected chi connectivity index (χ4v) is 3.83. The molecule has 240 valence electrons. The van der Waals surface area contributed by atoms with Gasteiger partial charge in [0.2, 0.25) is 0 Å². The number of hydrogen-bond acceptors (Lipinski definition) is 4. The van der Waals surface area contributed by atoms with E-state index in [1.807, 2.05) is 0 Å². The zero-order chi connectivity index (χ0) is 33.5. The highest BCUT2D eigenvalue weighted by molar-refractivity contribution is 5.93. The molecule has 0 saturated heterocycles. The molecule has 0 amide bonds. The van der Waals surface area contributed by atoms with Crippen molar-refractivity contribution in [3.8, 4) is 22.3 Å². The Kier molecular flexibility index (Phi) is 8.88. The predicted octanol–water partition coefficient (Wildman–Crippen LogP) is 8.47. The smallest absolute Gasteiger partial charge is 0.460 e. The van der Waals surface area contributed by atoms with Gasteiger partial charge in [0, 0.05) is 11.4 Å². The van der Waals surface area contributed by atoms with E-state index >= 15 is 0 Å². The third-order valence-electron chi connectivity index (χ3n) is 6.26. The minimum Gasteiger partial charge on any atom is -0.462 e. The first-order valence-corrected chi connectivity index (χ1v) is 12.0. The monoisotopic (exact) mass is 650 g/mol. The van der Waals surface area contributed by atoms with Gasteiger partial charge in [-0.25, -0.2) is 4.79 Å². The van der Waals surface area contributed by atoms with Crippen molar-refractivity contribution < 1.29 is 66.6 Å². The van der Waals surface area contributed by atoms with Crippen LogP contribution in [0.2, 0.25) is 0 Å². The summed E-state index contributed by atoms with van der Waals surface area (Å²) in [5, 5.41) is 0. The maximum atomic E-state index is 14.1. The van der Waals surface area contributed by atoms with Gasteiger partial charge in [-0.2, -0.15) is 57.1 Å². The number of carbonyl (C=O) groups excluding carboxylic acids is 1. The number of anilines is 2. The molecule has 0 unspecified atom stereocenters. The van der Waals surface area contributed by atoms with Crippen molar-refractivity contribution in [1.29, 1.82) is 0 Å². The highest BCUT2D eigenvalue weighted by atomic mass is 19.4. The fraction of sp³-hybridized carbons (Fsp3) is 0.296. The summed E-state index contributed by atoms with van der Waals surface area (Å²) in [7, 11) is 0. The molecule has 0 radical (unpaired) electrons. The number of halogens is 13. The summed E-state index contributed by atoms with van der Waals surface area (Å²) < 4.78 is 178. The molecule has 3 aromatic carbocycles. The van der Waals surface area contributed by atoms with Crippen LogP contribution in [0.1, 0.15) is 16.8 Å². The van der Waals surface area contributed by atoms with Crippen LogP contribution in [-0.4, -0.2) is 48.4 Å². The first-order valence-electron chi connectivity index (χ1n) is 12.0. The van der Waals surface area contributed by atoms with E-state index in [0.29, 0.717) is 22.5 Å². The van der Waals surface area contributed by atoms with Gasteiger partial charge < -0.3 is 16.2 Å². The summed E-state index contributed by atoms with van der Waals surface area (Å²) in [6, 6.07) is 16.1. The largest absolute Gasteiger partial charge is 0.462 e. The number of ether oxygens (including phenoxy) is 1. The van der Waals surface area contributed by atoms with Crippen molar-refractivity contribution >= 4 is 17.3 Å². The molecular formula is C27H19F13N2O2. The molecule has 0 aliphatic heterocycles. The Labute approximate surface area is 239 Å². The van der Waals surface area contributed by atoms with Crippen molar-refractivity contribution in [2.24, 2.45) is 0 Å². The Hall–Kier alpha value is -4.18. The van der Waals surface area contributed by atoms with Crippen LogP contribution in [0.5, 0.6) is 0 Å². The first kappa shape index (κ1) is 34.3. The molecule has 0 bridgehead atoms. The normalized spacial score (nSPS) is 13.6. The van der Waals surface area contributed by atoms with Crippen LogP contribution in [0.3, 0.4) is 0 Å². The minimum atomic E-state index is -8.01. The highest BCUT2D eigenvalue weighted by Crippen LogP contribution is 2.60. The lowest BCUT2D eigenvalue weighted by Gasteiger charge is -2.39. The molecule has 3 rings (SSSR count). The van der Waals surface area contributed by atoms with E-state index in [1.54, 1.807) is 30.3 Å². The van der Waals surface area contributed by atoms with Gasteiger partial charge in [0.15, 0.2) is 0 Å². The van der Waals surface area contributed by atoms with Crippen LogP contribution < -0.4 is 11.5 Å². The van der Waals surface area contributed by atoms with Crippen molar-refractivity contribution in [1.82, 2.24) is 0 Å². The van der Waals surface area contributed by atoms with E-state index in [1.165, 1.54) is 24.3 Å². The second-order valence-electron chi connectivity index (χ2n) is 9.44. The first-order chi connectivity index (χ1) is 20.0. The standard InChI is InChI=1S/C27H19F13N2O2/c28-22(29,23(30,31)24(32,33)25(34,35)26(36,37)27(38,39)40)7-8-44-21(43)18-10-16(14-3-1-5-19(41)12-14)9-17(11-18)15-4-2-6-20(42)13-15/h1-6,9-13H,7-8,41-42H2. The average molecular weight is 650 g/mol. The molecule has 3 aromatic rings. The third kappa shape index (κ3) is 6.08. The zero-order valence-electron chi connectivity index (χ0n) is 21.6. The number of esters is 1. The highest BCUT2D eigenvalue weighted by Gasteiger charge is 2.90. The number of alkyl halides is 13. The molecule has 0 heterocycles. The van der Waals surface area contributed by atoms with Crippen molar-refractivity contribution in [3.05, 3.63) is 72.3 Å². The summed E-state index contributed by atoms with van der Waals surface area (Å²) in [5.74, 6) is -39.1. The van der Waals surface area contributed by atoms with Crippen LogP contribution in [0.4, 0.5) is 68.5 Å². The molecular weight excluding hydrogens is 631 g/mol. The molecule has 0 aliphatic rings. The Morgan fingerprint density at radius 2 is 1.00 bits per heavy atom. The molecule has 0 spiro atoms. The predicted molar refractivity (Wildman–Crippen MR) is 132 cm³/mol. The van der Waals surface area contributed by atoms with Gasteiger partial charge in [0.25, 0.3) is 0 Å². The van der Waals surface area contributed by atoms with Gasteiger partial charge >= 0.3 is 41.8 Å². The quantitative estimate of drug-likeness (QED) is 0.131. The molecule has 0 saturated carbocycles. The zero-order valence-corrected chi connectivity index (χ0v) is 21.6. The number of rotatable bonds is 10. The lowest BCUT2D eigenvalue weighted by molar-refractivity contribution is -0.440. The Morgan fingerprint density at radius 3 is 1.41 bits per heavy atom. The van der Waals surface area contributed by atoms with Gasteiger partial charge in [-0.1, -0.05) is 24.3 Å². The molecule has 0 aromatic heterocycles. The second-order valence-corrected chi connectivity index (χ2v) is 9.44. The van der Waals surface area contributed by atoms with Crippen LogP contribution >= 0.6 is 0 Å². The molecule has 0 fully saturated rings. The summed E-state index contributed by atoms with van der Waals surface area (Å²) in [6.45, 7) is -1.88. The van der Waals surface area contributed by atoms with Gasteiger partial charge in [-0.3, -0.25) is 0 Å². The van der Waals surface area contributed by atoms with Gasteiger partial charge in [-0.15, -0.1) is 0 Å². The molecule has 44 heavy (non-hydrogen) atoms. The Balaban J connectivity index is 1.89. The van der Waals surface area contributed by atoms with E-state index in [2.05, 4.69) is 4.74 Å². The SMILES string of the molecule is Nc1cccc(-c2cc(C(=O)OCCC(F)(F)C(F)(F)C(F)(F)C(F)(F)C(F)(F)C(F)(F)F)cc(-c3cccc(N)c3)c2)c1. The number of carbonyl (C=O) groups is 1. The van der Waals surface area contributed by atoms with Gasteiger partial charge in [-0.05, 0) is 64.7 Å². The lowest BCUT2D eigenvalue weighted by atomic mass is 9.93. The van der Waals surface area contributed by atoms with E-state index in [9.17, 15) is 61.9 Å². The number of nitrogen functional groups attached to an aromatic ring is 2. The van der Waals surface area contributed by atoms with Gasteiger partial charge in [0.05, 0.1) is 18.6 Å². The molecule has 4 nitrogen and oxygen atoms in total. The summed E-state index contributed by atoms with van der Waals surface area (Å²) in [4.78, 5) is 12.7. The maximum Gasteiger partial charge on any atom is 0.460 e. The van der Waals surface area contributed by atoms with Gasteiger partial charge in [0.1, 0.15) is 0 Å². The molecule has 0 atom stereocenters. The summed E-state index contributed by atoms with van der Waals surface area (Å²) in [6.07, 6.45) is -10.2. The van der Waals surface area contributed by atoms with E-state index in [4.69, 9.17) is 11.5 Å². The molecule has 17 heteroatoms. The minimum absolute atomic E-state index is 0.286.